The van der Waals surface area contributed by atoms with Crippen LogP contribution in [0.5, 0.6) is 11.5 Å². The van der Waals surface area contributed by atoms with Crippen LogP contribution in [-0.2, 0) is 0 Å². The molecule has 0 spiro atoms. The predicted molar refractivity (Wildman–Crippen MR) is 71.4 cm³/mol. The second kappa shape index (κ2) is 4.97. The topological polar surface area (TPSA) is 82.5 Å². The molecule has 0 radical (unpaired) electrons. The summed E-state index contributed by atoms with van der Waals surface area (Å²) in [7, 11) is 0. The van der Waals surface area contributed by atoms with Crippen LogP contribution in [0.25, 0.3) is 0 Å². The molecule has 0 aliphatic rings. The number of aromatic nitrogens is 1. The van der Waals surface area contributed by atoms with Crippen molar-refractivity contribution in [3.05, 3.63) is 47.2 Å². The Morgan fingerprint density at radius 1 is 1.16 bits per heavy atom. The second-order valence-electron chi connectivity index (χ2n) is 4.33. The van der Waals surface area contributed by atoms with Gasteiger partial charge in [-0.05, 0) is 49.7 Å². The lowest BCUT2D eigenvalue weighted by molar-refractivity contribution is 0.102. The van der Waals surface area contributed by atoms with Gasteiger partial charge in [-0.3, -0.25) is 4.79 Å². The van der Waals surface area contributed by atoms with E-state index in [4.69, 9.17) is 0 Å². The standard InChI is InChI=1S/C14H14N2O3/c1-8-5-9(2)15-13(6-8)16-14(19)11-7-10(17)3-4-12(11)18/h3-7,17-18H,1-2H3,(H,15,16,19). The molecule has 0 saturated carbocycles. The molecule has 0 aliphatic carbocycles. The number of benzene rings is 1. The zero-order chi connectivity index (χ0) is 14.0. The van der Waals surface area contributed by atoms with Crippen molar-refractivity contribution in [3.8, 4) is 11.5 Å². The van der Waals surface area contributed by atoms with Crippen LogP contribution < -0.4 is 5.32 Å². The highest BCUT2D eigenvalue weighted by atomic mass is 16.3. The maximum absolute atomic E-state index is 12.0. The number of carbonyl (C=O) groups excluding carboxylic acids is 1. The minimum absolute atomic E-state index is 0.000888. The van der Waals surface area contributed by atoms with E-state index in [1.165, 1.54) is 18.2 Å². The summed E-state index contributed by atoms with van der Waals surface area (Å²) in [6, 6.07) is 7.39. The molecular weight excluding hydrogens is 244 g/mol. The number of anilines is 1. The third kappa shape index (κ3) is 3.01. The van der Waals surface area contributed by atoms with Crippen molar-refractivity contribution >= 4 is 11.7 Å². The zero-order valence-electron chi connectivity index (χ0n) is 10.6. The zero-order valence-corrected chi connectivity index (χ0v) is 10.6. The molecule has 0 fully saturated rings. The van der Waals surface area contributed by atoms with Crippen molar-refractivity contribution < 1.29 is 15.0 Å². The van der Waals surface area contributed by atoms with Crippen LogP contribution in [0.4, 0.5) is 5.82 Å². The maximum Gasteiger partial charge on any atom is 0.260 e. The lowest BCUT2D eigenvalue weighted by atomic mass is 10.1. The number of hydrogen-bond donors (Lipinski definition) is 3. The molecule has 3 N–H and O–H groups in total. The molecule has 0 bridgehead atoms. The monoisotopic (exact) mass is 258 g/mol. The number of phenols is 2. The fraction of sp³-hybridized carbons (Fsp3) is 0.143. The van der Waals surface area contributed by atoms with Gasteiger partial charge in [-0.25, -0.2) is 4.98 Å². The molecule has 98 valence electrons. The first-order valence-corrected chi connectivity index (χ1v) is 5.74. The van der Waals surface area contributed by atoms with Crippen molar-refractivity contribution in [3.63, 3.8) is 0 Å². The first-order chi connectivity index (χ1) is 8.95. The lowest BCUT2D eigenvalue weighted by Gasteiger charge is -2.08. The summed E-state index contributed by atoms with van der Waals surface area (Å²) in [5, 5.41) is 21.5. The quantitative estimate of drug-likeness (QED) is 0.722. The molecule has 1 amide bonds. The van der Waals surface area contributed by atoms with E-state index < -0.39 is 5.91 Å². The van der Waals surface area contributed by atoms with Crippen LogP contribution in [0, 0.1) is 13.8 Å². The molecule has 2 aromatic rings. The lowest BCUT2D eigenvalue weighted by Crippen LogP contribution is -2.13. The van der Waals surface area contributed by atoms with Crippen LogP contribution in [-0.4, -0.2) is 21.1 Å². The highest BCUT2D eigenvalue weighted by Crippen LogP contribution is 2.23. The molecule has 1 heterocycles. The minimum Gasteiger partial charge on any atom is -0.508 e. The number of rotatable bonds is 2. The summed E-state index contributed by atoms with van der Waals surface area (Å²) < 4.78 is 0. The van der Waals surface area contributed by atoms with Gasteiger partial charge in [-0.1, -0.05) is 0 Å². The van der Waals surface area contributed by atoms with Gasteiger partial charge in [0.15, 0.2) is 0 Å². The van der Waals surface area contributed by atoms with Crippen LogP contribution in [0.1, 0.15) is 21.6 Å². The number of aromatic hydroxyl groups is 2. The summed E-state index contributed by atoms with van der Waals surface area (Å²) in [6.07, 6.45) is 0. The smallest absolute Gasteiger partial charge is 0.260 e. The second-order valence-corrected chi connectivity index (χ2v) is 4.33. The van der Waals surface area contributed by atoms with Gasteiger partial charge in [0.1, 0.15) is 17.3 Å². The Morgan fingerprint density at radius 3 is 2.58 bits per heavy atom. The SMILES string of the molecule is Cc1cc(C)nc(NC(=O)c2cc(O)ccc2O)c1. The average molecular weight is 258 g/mol. The molecule has 19 heavy (non-hydrogen) atoms. The Hall–Kier alpha value is -2.56. The van der Waals surface area contributed by atoms with Crippen molar-refractivity contribution in [2.45, 2.75) is 13.8 Å². The number of aryl methyl sites for hydroxylation is 2. The molecule has 5 nitrogen and oxygen atoms in total. The maximum atomic E-state index is 12.0. The average Bonchev–Trinajstić information content (AvgIpc) is 2.30. The highest BCUT2D eigenvalue weighted by Gasteiger charge is 2.13. The van der Waals surface area contributed by atoms with Gasteiger partial charge >= 0.3 is 0 Å². The number of pyridine rings is 1. The molecule has 1 aromatic carbocycles. The third-order valence-corrected chi connectivity index (χ3v) is 2.56. The molecule has 0 aliphatic heterocycles. The normalized spacial score (nSPS) is 10.2. The van der Waals surface area contributed by atoms with E-state index in [9.17, 15) is 15.0 Å². The minimum atomic E-state index is -0.522. The van der Waals surface area contributed by atoms with Gasteiger partial charge in [-0.15, -0.1) is 0 Å². The van der Waals surface area contributed by atoms with Gasteiger partial charge in [0, 0.05) is 5.69 Å². The Morgan fingerprint density at radius 2 is 1.89 bits per heavy atom. The summed E-state index contributed by atoms with van der Waals surface area (Å²) in [5.74, 6) is -0.396. The van der Waals surface area contributed by atoms with E-state index in [0.29, 0.717) is 5.82 Å². The van der Waals surface area contributed by atoms with Crippen molar-refractivity contribution in [2.24, 2.45) is 0 Å². The molecule has 0 unspecified atom stereocenters. The van der Waals surface area contributed by atoms with Crippen molar-refractivity contribution in [1.29, 1.82) is 0 Å². The summed E-state index contributed by atoms with van der Waals surface area (Å²) in [5.41, 5.74) is 1.76. The molecule has 2 rings (SSSR count). The molecule has 5 heteroatoms. The van der Waals surface area contributed by atoms with E-state index in [1.54, 1.807) is 6.07 Å². The number of nitrogens with one attached hydrogen (secondary N) is 1. The molecule has 0 saturated heterocycles. The first-order valence-electron chi connectivity index (χ1n) is 5.74. The van der Waals surface area contributed by atoms with Gasteiger partial charge in [0.2, 0.25) is 0 Å². The van der Waals surface area contributed by atoms with Crippen LogP contribution in [0.3, 0.4) is 0 Å². The summed E-state index contributed by atoms with van der Waals surface area (Å²) >= 11 is 0. The van der Waals surface area contributed by atoms with Gasteiger partial charge < -0.3 is 15.5 Å². The fourth-order valence-electron chi connectivity index (χ4n) is 1.79. The predicted octanol–water partition coefficient (Wildman–Crippen LogP) is 2.36. The number of carbonyl (C=O) groups is 1. The number of nitrogens with zero attached hydrogens (tertiary/aromatic N) is 1. The molecule has 0 atom stereocenters. The van der Waals surface area contributed by atoms with E-state index in [-0.39, 0.29) is 17.1 Å². The Kier molecular flexibility index (Phi) is 3.37. The van der Waals surface area contributed by atoms with E-state index in [1.807, 2.05) is 19.9 Å². The van der Waals surface area contributed by atoms with E-state index >= 15 is 0 Å². The largest absolute Gasteiger partial charge is 0.508 e. The van der Waals surface area contributed by atoms with Crippen molar-refractivity contribution in [1.82, 2.24) is 4.98 Å². The summed E-state index contributed by atoms with van der Waals surface area (Å²) in [6.45, 7) is 3.73. The van der Waals surface area contributed by atoms with Crippen molar-refractivity contribution in [2.75, 3.05) is 5.32 Å². The Balaban J connectivity index is 2.28. The number of amides is 1. The summed E-state index contributed by atoms with van der Waals surface area (Å²) in [4.78, 5) is 16.2. The highest BCUT2D eigenvalue weighted by molar-refractivity contribution is 6.05. The van der Waals surface area contributed by atoms with Gasteiger partial charge in [-0.2, -0.15) is 0 Å². The first kappa shape index (κ1) is 12.9. The van der Waals surface area contributed by atoms with Crippen LogP contribution in [0.15, 0.2) is 30.3 Å². The van der Waals surface area contributed by atoms with Gasteiger partial charge in [0.05, 0.1) is 5.56 Å². The third-order valence-electron chi connectivity index (χ3n) is 2.56. The molecule has 1 aromatic heterocycles. The van der Waals surface area contributed by atoms with E-state index in [2.05, 4.69) is 10.3 Å². The Bertz CT molecular complexity index is 618. The van der Waals surface area contributed by atoms with Crippen LogP contribution >= 0.6 is 0 Å². The number of phenolic OH excluding ortho intramolecular Hbond substituents is 2. The van der Waals surface area contributed by atoms with E-state index in [0.717, 1.165) is 11.3 Å². The Labute approximate surface area is 110 Å². The fourth-order valence-corrected chi connectivity index (χ4v) is 1.79. The molecular formula is C14H14N2O3. The van der Waals surface area contributed by atoms with Gasteiger partial charge in [0.25, 0.3) is 5.91 Å². The number of hydrogen-bond acceptors (Lipinski definition) is 4. The van der Waals surface area contributed by atoms with Crippen LogP contribution in [0.2, 0.25) is 0 Å².